The minimum Gasteiger partial charge on any atom is -0.380 e. The quantitative estimate of drug-likeness (QED) is 0.635. The number of nitrogens with two attached hydrogens (primary N) is 1. The van der Waals surface area contributed by atoms with Crippen molar-refractivity contribution in [1.82, 2.24) is 10.2 Å². The van der Waals surface area contributed by atoms with Crippen molar-refractivity contribution in [3.8, 4) is 0 Å². The lowest BCUT2D eigenvalue weighted by Crippen LogP contribution is -2.41. The van der Waals surface area contributed by atoms with Crippen molar-refractivity contribution in [3.63, 3.8) is 0 Å². The van der Waals surface area contributed by atoms with Gasteiger partial charge in [0, 0.05) is 25.7 Å². The Labute approximate surface area is 146 Å². The molecule has 0 radical (unpaired) electrons. The Bertz CT molecular complexity index is 201. The van der Waals surface area contributed by atoms with E-state index in [0.717, 1.165) is 38.6 Å². The van der Waals surface area contributed by atoms with Crippen molar-refractivity contribution in [1.29, 1.82) is 0 Å². The molecule has 4 heteroatoms. The molecule has 3 N–H and O–H groups in total. The molecule has 1 saturated heterocycles. The Balaban J connectivity index is 0. The second-order valence-corrected chi connectivity index (χ2v) is 6.12. The molecule has 1 fully saturated rings. The average Bonchev–Trinajstić information content (AvgIpc) is 2.59. The molecule has 0 aromatic heterocycles. The molecular weight excluding hydrogens is 286 g/mol. The Morgan fingerprint density at radius 1 is 1.13 bits per heavy atom. The molecule has 0 aromatic rings. The molecule has 0 saturated carbocycles. The second kappa shape index (κ2) is 19.9. The van der Waals surface area contributed by atoms with Crippen molar-refractivity contribution in [2.75, 3.05) is 45.9 Å². The van der Waals surface area contributed by atoms with E-state index in [1.165, 1.54) is 38.9 Å². The molecule has 1 aliphatic heterocycles. The second-order valence-electron chi connectivity index (χ2n) is 6.12. The van der Waals surface area contributed by atoms with Crippen molar-refractivity contribution >= 4 is 0 Å². The topological polar surface area (TPSA) is 50.5 Å². The molecule has 23 heavy (non-hydrogen) atoms. The summed E-state index contributed by atoms with van der Waals surface area (Å²) >= 11 is 0. The van der Waals surface area contributed by atoms with Crippen molar-refractivity contribution in [2.24, 2.45) is 11.7 Å². The summed E-state index contributed by atoms with van der Waals surface area (Å²) in [5.41, 5.74) is 5.83. The molecule has 1 aliphatic rings. The van der Waals surface area contributed by atoms with Crippen molar-refractivity contribution < 1.29 is 4.74 Å². The van der Waals surface area contributed by atoms with Crippen molar-refractivity contribution in [2.45, 2.75) is 73.3 Å². The summed E-state index contributed by atoms with van der Waals surface area (Å²) in [6, 6.07) is 0.471. The van der Waals surface area contributed by atoms with Gasteiger partial charge in [-0.15, -0.1) is 0 Å². The van der Waals surface area contributed by atoms with Crippen LogP contribution in [0.4, 0.5) is 0 Å². The molecule has 4 nitrogen and oxygen atoms in total. The Morgan fingerprint density at radius 2 is 1.74 bits per heavy atom. The van der Waals surface area contributed by atoms with E-state index in [2.05, 4.69) is 37.9 Å². The summed E-state index contributed by atoms with van der Waals surface area (Å²) in [4.78, 5) is 2.55. The summed E-state index contributed by atoms with van der Waals surface area (Å²) in [6.45, 7) is 20.3. The standard InChI is InChI=1S/C10H22N2.C7H17NO.C2H6/c1-3-9(2)8-12-6-4-10(11)5-7-12;1-3-6-9-7-5-8-4-2;1-2/h9-10H,3-8,11H2,1-2H3;8H,3-7H2,1-2H3;1-2H3. The normalized spacial score (nSPS) is 16.8. The molecule has 1 atom stereocenters. The van der Waals surface area contributed by atoms with Crippen LogP contribution >= 0.6 is 0 Å². The molecule has 142 valence electrons. The Hall–Kier alpha value is -0.160. The predicted octanol–water partition coefficient (Wildman–Crippen LogP) is 3.50. The van der Waals surface area contributed by atoms with Crippen LogP contribution in [0.3, 0.4) is 0 Å². The Kier molecular flexibility index (Phi) is 21.7. The van der Waals surface area contributed by atoms with Gasteiger partial charge in [0.2, 0.25) is 0 Å². The fourth-order valence-electron chi connectivity index (χ4n) is 2.27. The van der Waals surface area contributed by atoms with E-state index in [-0.39, 0.29) is 0 Å². The number of piperidine rings is 1. The van der Waals surface area contributed by atoms with Crippen LogP contribution in [-0.2, 0) is 4.74 Å². The van der Waals surface area contributed by atoms with E-state index < -0.39 is 0 Å². The average molecular weight is 332 g/mol. The maximum absolute atomic E-state index is 5.83. The van der Waals surface area contributed by atoms with Gasteiger partial charge in [0.05, 0.1) is 6.61 Å². The van der Waals surface area contributed by atoms with E-state index >= 15 is 0 Å². The van der Waals surface area contributed by atoms with Gasteiger partial charge in [0.25, 0.3) is 0 Å². The summed E-state index contributed by atoms with van der Waals surface area (Å²) in [7, 11) is 0. The number of nitrogens with zero attached hydrogens (tertiary/aromatic N) is 1. The van der Waals surface area contributed by atoms with Gasteiger partial charge >= 0.3 is 0 Å². The third kappa shape index (κ3) is 18.0. The van der Waals surface area contributed by atoms with E-state index in [4.69, 9.17) is 10.5 Å². The summed E-state index contributed by atoms with van der Waals surface area (Å²) in [5.74, 6) is 0.847. The number of rotatable bonds is 9. The largest absolute Gasteiger partial charge is 0.380 e. The van der Waals surface area contributed by atoms with Crippen LogP contribution in [0.1, 0.15) is 67.2 Å². The van der Waals surface area contributed by atoms with Gasteiger partial charge in [-0.2, -0.15) is 0 Å². The van der Waals surface area contributed by atoms with Gasteiger partial charge in [0.1, 0.15) is 0 Å². The SMILES string of the molecule is CC.CCC(C)CN1CCC(N)CC1.CCCOCCNCC. The van der Waals surface area contributed by atoms with Crippen LogP contribution in [0, 0.1) is 5.92 Å². The highest BCUT2D eigenvalue weighted by atomic mass is 16.5. The molecule has 1 heterocycles. The van der Waals surface area contributed by atoms with Gasteiger partial charge in [0.15, 0.2) is 0 Å². The molecule has 1 rings (SSSR count). The molecule has 0 bridgehead atoms. The number of ether oxygens (including phenoxy) is 1. The van der Waals surface area contributed by atoms with Gasteiger partial charge in [-0.25, -0.2) is 0 Å². The molecule has 0 amide bonds. The van der Waals surface area contributed by atoms with E-state index in [0.29, 0.717) is 6.04 Å². The fraction of sp³-hybridized carbons (Fsp3) is 1.00. The number of hydrogen-bond donors (Lipinski definition) is 2. The van der Waals surface area contributed by atoms with E-state index in [9.17, 15) is 0 Å². The molecular formula is C19H45N3O. The van der Waals surface area contributed by atoms with E-state index in [1.807, 2.05) is 13.8 Å². The van der Waals surface area contributed by atoms with Crippen LogP contribution in [0.25, 0.3) is 0 Å². The lowest BCUT2D eigenvalue weighted by molar-refractivity contribution is 0.137. The molecule has 0 aromatic carbocycles. The highest BCUT2D eigenvalue weighted by Gasteiger charge is 2.16. The first kappa shape index (κ1) is 25.1. The number of likely N-dealkylation sites (tertiary alicyclic amines) is 1. The lowest BCUT2D eigenvalue weighted by atomic mass is 10.0. The van der Waals surface area contributed by atoms with Crippen molar-refractivity contribution in [3.05, 3.63) is 0 Å². The smallest absolute Gasteiger partial charge is 0.0590 e. The minimum absolute atomic E-state index is 0.471. The highest BCUT2D eigenvalue weighted by Crippen LogP contribution is 2.11. The lowest BCUT2D eigenvalue weighted by Gasteiger charge is -2.31. The maximum Gasteiger partial charge on any atom is 0.0590 e. The van der Waals surface area contributed by atoms with Gasteiger partial charge in [-0.1, -0.05) is 48.0 Å². The predicted molar refractivity (Wildman–Crippen MR) is 104 cm³/mol. The highest BCUT2D eigenvalue weighted by molar-refractivity contribution is 4.74. The zero-order valence-electron chi connectivity index (χ0n) is 16.9. The van der Waals surface area contributed by atoms with Crippen LogP contribution in [-0.4, -0.2) is 56.9 Å². The monoisotopic (exact) mass is 331 g/mol. The molecule has 1 unspecified atom stereocenters. The van der Waals surface area contributed by atoms with Gasteiger partial charge in [-0.05, 0) is 44.8 Å². The third-order valence-electron chi connectivity index (χ3n) is 3.92. The summed E-state index contributed by atoms with van der Waals surface area (Å²) < 4.78 is 5.22. The first-order valence-corrected chi connectivity index (χ1v) is 9.90. The zero-order valence-corrected chi connectivity index (χ0v) is 16.9. The number of likely N-dealkylation sites (N-methyl/N-ethyl adjacent to an activating group) is 1. The third-order valence-corrected chi connectivity index (χ3v) is 3.92. The summed E-state index contributed by atoms with van der Waals surface area (Å²) in [6.07, 6.45) is 4.79. The minimum atomic E-state index is 0.471. The van der Waals surface area contributed by atoms with Crippen LogP contribution in [0.5, 0.6) is 0 Å². The van der Waals surface area contributed by atoms with Gasteiger partial charge in [-0.3, -0.25) is 0 Å². The number of nitrogens with one attached hydrogen (secondary N) is 1. The van der Waals surface area contributed by atoms with Crippen LogP contribution in [0.15, 0.2) is 0 Å². The Morgan fingerprint density at radius 3 is 2.22 bits per heavy atom. The van der Waals surface area contributed by atoms with Gasteiger partial charge < -0.3 is 20.7 Å². The van der Waals surface area contributed by atoms with Crippen LogP contribution in [0.2, 0.25) is 0 Å². The maximum atomic E-state index is 5.83. The first-order chi connectivity index (χ1) is 11.1. The fourth-order valence-corrected chi connectivity index (χ4v) is 2.27. The first-order valence-electron chi connectivity index (χ1n) is 9.90. The van der Waals surface area contributed by atoms with Crippen LogP contribution < -0.4 is 11.1 Å². The molecule has 0 spiro atoms. The molecule has 0 aliphatic carbocycles. The number of hydrogen-bond acceptors (Lipinski definition) is 4. The zero-order chi connectivity index (χ0) is 17.9. The summed E-state index contributed by atoms with van der Waals surface area (Å²) in [5, 5.41) is 3.18. The van der Waals surface area contributed by atoms with E-state index in [1.54, 1.807) is 0 Å².